The van der Waals surface area contributed by atoms with Gasteiger partial charge in [-0.2, -0.15) is 4.31 Å². The van der Waals surface area contributed by atoms with Crippen molar-refractivity contribution in [1.82, 2.24) is 9.21 Å². The summed E-state index contributed by atoms with van der Waals surface area (Å²) in [6, 6.07) is 15.6. The van der Waals surface area contributed by atoms with Gasteiger partial charge in [-0.25, -0.2) is 8.42 Å². The zero-order valence-electron chi connectivity index (χ0n) is 15.1. The molecule has 0 bridgehead atoms. The molecule has 0 spiro atoms. The Morgan fingerprint density at radius 1 is 1.12 bits per heavy atom. The van der Waals surface area contributed by atoms with Crippen LogP contribution in [0.4, 0.5) is 0 Å². The van der Waals surface area contributed by atoms with E-state index < -0.39 is 16.1 Å². The van der Waals surface area contributed by atoms with Gasteiger partial charge in [0.1, 0.15) is 6.04 Å². The molecule has 5 nitrogen and oxygen atoms in total. The molecule has 1 saturated heterocycles. The Labute approximate surface area is 155 Å². The second-order valence-corrected chi connectivity index (χ2v) is 8.60. The van der Waals surface area contributed by atoms with Crippen molar-refractivity contribution in [2.75, 3.05) is 13.6 Å². The van der Waals surface area contributed by atoms with E-state index in [0.717, 1.165) is 11.1 Å². The third-order valence-electron chi connectivity index (χ3n) is 4.88. The number of hydrogen-bond acceptors (Lipinski definition) is 3. The van der Waals surface area contributed by atoms with E-state index in [9.17, 15) is 13.2 Å². The second kappa shape index (κ2) is 7.60. The Hall–Kier alpha value is -2.18. The first-order chi connectivity index (χ1) is 12.4. The van der Waals surface area contributed by atoms with Crippen LogP contribution >= 0.6 is 0 Å². The van der Waals surface area contributed by atoms with Crippen LogP contribution in [0.5, 0.6) is 0 Å². The maximum Gasteiger partial charge on any atom is 0.243 e. The lowest BCUT2D eigenvalue weighted by Gasteiger charge is -2.28. The van der Waals surface area contributed by atoms with Crippen molar-refractivity contribution >= 4 is 15.9 Å². The van der Waals surface area contributed by atoms with Gasteiger partial charge in [-0.3, -0.25) is 4.79 Å². The van der Waals surface area contributed by atoms with E-state index in [1.807, 2.05) is 31.2 Å². The smallest absolute Gasteiger partial charge is 0.243 e. The van der Waals surface area contributed by atoms with Crippen molar-refractivity contribution in [2.24, 2.45) is 0 Å². The number of amides is 1. The summed E-state index contributed by atoms with van der Waals surface area (Å²) in [7, 11) is -1.93. The Balaban J connectivity index is 1.79. The van der Waals surface area contributed by atoms with Gasteiger partial charge in [0.15, 0.2) is 0 Å². The summed E-state index contributed by atoms with van der Waals surface area (Å²) in [6.07, 6.45) is 1.25. The van der Waals surface area contributed by atoms with Gasteiger partial charge in [-0.05, 0) is 43.0 Å². The number of benzene rings is 2. The Kier molecular flexibility index (Phi) is 5.44. The number of sulfonamides is 1. The molecule has 1 aliphatic rings. The zero-order chi connectivity index (χ0) is 18.7. The van der Waals surface area contributed by atoms with Crippen LogP contribution in [0.2, 0.25) is 0 Å². The highest BCUT2D eigenvalue weighted by molar-refractivity contribution is 7.89. The highest BCUT2D eigenvalue weighted by Crippen LogP contribution is 2.27. The predicted molar refractivity (Wildman–Crippen MR) is 101 cm³/mol. The molecule has 3 rings (SSSR count). The fraction of sp³-hybridized carbons (Fsp3) is 0.350. The summed E-state index contributed by atoms with van der Waals surface area (Å²) in [5.74, 6) is -0.148. The third-order valence-corrected chi connectivity index (χ3v) is 6.81. The first-order valence-corrected chi connectivity index (χ1v) is 10.2. The first kappa shape index (κ1) is 18.6. The second-order valence-electron chi connectivity index (χ2n) is 6.71. The standard InChI is InChI=1S/C20H24N2O3S/c1-16-9-6-7-10-17(16)15-21(2)20(23)19-13-8-14-22(19)26(24,25)18-11-4-3-5-12-18/h3-7,9-12,19H,8,13-15H2,1-2H3. The van der Waals surface area contributed by atoms with E-state index in [4.69, 9.17) is 0 Å². The average molecular weight is 372 g/mol. The molecule has 2 aromatic carbocycles. The fourth-order valence-electron chi connectivity index (χ4n) is 3.38. The van der Waals surface area contributed by atoms with Gasteiger partial charge in [0, 0.05) is 20.1 Å². The highest BCUT2D eigenvalue weighted by atomic mass is 32.2. The molecular weight excluding hydrogens is 348 g/mol. The van der Waals surface area contributed by atoms with Crippen molar-refractivity contribution in [3.63, 3.8) is 0 Å². The van der Waals surface area contributed by atoms with Crippen LogP contribution in [-0.4, -0.2) is 43.2 Å². The molecule has 1 unspecified atom stereocenters. The molecule has 0 aliphatic carbocycles. The highest BCUT2D eigenvalue weighted by Gasteiger charge is 2.40. The number of rotatable bonds is 5. The van der Waals surface area contributed by atoms with Crippen LogP contribution < -0.4 is 0 Å². The van der Waals surface area contributed by atoms with Gasteiger partial charge < -0.3 is 4.90 Å². The minimum absolute atomic E-state index is 0.148. The molecule has 6 heteroatoms. The van der Waals surface area contributed by atoms with Gasteiger partial charge in [-0.15, -0.1) is 0 Å². The number of carbonyl (C=O) groups excluding carboxylic acids is 1. The van der Waals surface area contributed by atoms with Crippen molar-refractivity contribution < 1.29 is 13.2 Å². The van der Waals surface area contributed by atoms with Crippen LogP contribution in [0.3, 0.4) is 0 Å². The Morgan fingerprint density at radius 2 is 1.77 bits per heavy atom. The van der Waals surface area contributed by atoms with E-state index in [1.165, 1.54) is 4.31 Å². The fourth-order valence-corrected chi connectivity index (χ4v) is 5.05. The minimum atomic E-state index is -3.66. The molecule has 1 atom stereocenters. The molecule has 26 heavy (non-hydrogen) atoms. The van der Waals surface area contributed by atoms with Crippen molar-refractivity contribution in [3.8, 4) is 0 Å². The van der Waals surface area contributed by atoms with E-state index in [2.05, 4.69) is 0 Å². The lowest BCUT2D eigenvalue weighted by Crippen LogP contribution is -2.46. The monoisotopic (exact) mass is 372 g/mol. The molecule has 0 saturated carbocycles. The van der Waals surface area contributed by atoms with E-state index >= 15 is 0 Å². The van der Waals surface area contributed by atoms with E-state index in [-0.39, 0.29) is 10.8 Å². The molecule has 1 aliphatic heterocycles. The van der Waals surface area contributed by atoms with Crippen LogP contribution in [0.1, 0.15) is 24.0 Å². The predicted octanol–water partition coefficient (Wildman–Crippen LogP) is 2.81. The number of aryl methyl sites for hydroxylation is 1. The summed E-state index contributed by atoms with van der Waals surface area (Å²) in [5, 5.41) is 0. The maximum atomic E-state index is 13.0. The van der Waals surface area contributed by atoms with Crippen molar-refractivity contribution in [3.05, 3.63) is 65.7 Å². The Morgan fingerprint density at radius 3 is 2.46 bits per heavy atom. The third kappa shape index (κ3) is 3.66. The number of carbonyl (C=O) groups is 1. The topological polar surface area (TPSA) is 57.7 Å². The molecule has 1 fully saturated rings. The van der Waals surface area contributed by atoms with Gasteiger partial charge in [-0.1, -0.05) is 42.5 Å². The van der Waals surface area contributed by atoms with Crippen LogP contribution in [0.15, 0.2) is 59.5 Å². The lowest BCUT2D eigenvalue weighted by atomic mass is 10.1. The summed E-state index contributed by atoms with van der Waals surface area (Å²) >= 11 is 0. The average Bonchev–Trinajstić information content (AvgIpc) is 3.14. The largest absolute Gasteiger partial charge is 0.340 e. The zero-order valence-corrected chi connectivity index (χ0v) is 15.9. The molecule has 1 heterocycles. The number of hydrogen-bond donors (Lipinski definition) is 0. The van der Waals surface area contributed by atoms with Gasteiger partial charge in [0.25, 0.3) is 0 Å². The molecule has 0 radical (unpaired) electrons. The van der Waals surface area contributed by atoms with Crippen molar-refractivity contribution in [2.45, 2.75) is 37.2 Å². The summed E-state index contributed by atoms with van der Waals surface area (Å²) in [6.45, 7) is 2.86. The minimum Gasteiger partial charge on any atom is -0.340 e. The maximum absolute atomic E-state index is 13.0. The van der Waals surface area contributed by atoms with Crippen LogP contribution in [0, 0.1) is 6.92 Å². The molecule has 1 amide bonds. The summed E-state index contributed by atoms with van der Waals surface area (Å²) in [5.41, 5.74) is 2.19. The SMILES string of the molecule is Cc1ccccc1CN(C)C(=O)C1CCCN1S(=O)(=O)c1ccccc1. The van der Waals surface area contributed by atoms with E-state index in [1.54, 1.807) is 42.3 Å². The number of nitrogens with zero attached hydrogens (tertiary/aromatic N) is 2. The normalized spacial score (nSPS) is 18.0. The molecule has 138 valence electrons. The molecule has 0 N–H and O–H groups in total. The van der Waals surface area contributed by atoms with E-state index in [0.29, 0.717) is 25.9 Å². The Bertz CT molecular complexity index is 881. The van der Waals surface area contributed by atoms with Gasteiger partial charge in [0.2, 0.25) is 15.9 Å². The van der Waals surface area contributed by atoms with Crippen molar-refractivity contribution in [1.29, 1.82) is 0 Å². The lowest BCUT2D eigenvalue weighted by molar-refractivity contribution is -0.133. The molecule has 2 aromatic rings. The number of likely N-dealkylation sites (N-methyl/N-ethyl adjacent to an activating group) is 1. The molecule has 0 aromatic heterocycles. The van der Waals surface area contributed by atoms with Gasteiger partial charge in [0.05, 0.1) is 4.90 Å². The molecular formula is C20H24N2O3S. The summed E-state index contributed by atoms with van der Waals surface area (Å²) < 4.78 is 27.2. The van der Waals surface area contributed by atoms with Gasteiger partial charge >= 0.3 is 0 Å². The van der Waals surface area contributed by atoms with Crippen LogP contribution in [-0.2, 0) is 21.4 Å². The van der Waals surface area contributed by atoms with Crippen LogP contribution in [0.25, 0.3) is 0 Å². The quantitative estimate of drug-likeness (QED) is 0.811. The first-order valence-electron chi connectivity index (χ1n) is 8.77. The summed E-state index contributed by atoms with van der Waals surface area (Å²) in [4.78, 5) is 14.8.